The molecule has 0 spiro atoms. The van der Waals surface area contributed by atoms with Crippen molar-refractivity contribution >= 4 is 27.4 Å². The molecule has 0 radical (unpaired) electrons. The van der Waals surface area contributed by atoms with Gasteiger partial charge in [-0.2, -0.15) is 0 Å². The third-order valence-electron chi connectivity index (χ3n) is 4.16. The maximum atomic E-state index is 5.75. The predicted octanol–water partition coefficient (Wildman–Crippen LogP) is 2.25. The lowest BCUT2D eigenvalue weighted by Crippen LogP contribution is -2.38. The summed E-state index contributed by atoms with van der Waals surface area (Å²) in [5.41, 5.74) is 6.81. The minimum Gasteiger partial charge on any atom is -0.377 e. The molecule has 2 N–H and O–H groups in total. The van der Waals surface area contributed by atoms with E-state index in [4.69, 9.17) is 10.5 Å². The van der Waals surface area contributed by atoms with E-state index < -0.39 is 0 Å². The van der Waals surface area contributed by atoms with Crippen molar-refractivity contribution in [3.63, 3.8) is 0 Å². The summed E-state index contributed by atoms with van der Waals surface area (Å²) in [6.07, 6.45) is 4.10. The van der Waals surface area contributed by atoms with Gasteiger partial charge in [-0.15, -0.1) is 11.3 Å². The van der Waals surface area contributed by atoms with E-state index in [-0.39, 0.29) is 0 Å². The van der Waals surface area contributed by atoms with Crippen LogP contribution in [0.3, 0.4) is 0 Å². The highest BCUT2D eigenvalue weighted by atomic mass is 32.1. The minimum atomic E-state index is 0.340. The minimum absolute atomic E-state index is 0.340. The van der Waals surface area contributed by atoms with Crippen LogP contribution < -0.4 is 10.6 Å². The molecule has 1 saturated heterocycles. The number of piperidine rings is 1. The molecule has 3 rings (SSSR count). The molecule has 0 bridgehead atoms. The van der Waals surface area contributed by atoms with Crippen molar-refractivity contribution < 1.29 is 4.74 Å². The van der Waals surface area contributed by atoms with Crippen molar-refractivity contribution in [2.24, 2.45) is 5.73 Å². The first-order chi connectivity index (χ1) is 10.2. The molecule has 6 heteroatoms. The molecule has 3 heterocycles. The topological polar surface area (TPSA) is 64.3 Å². The fraction of sp³-hybridized carbons (Fsp3) is 0.600. The van der Waals surface area contributed by atoms with Gasteiger partial charge in [0, 0.05) is 24.5 Å². The van der Waals surface area contributed by atoms with Crippen LogP contribution >= 0.6 is 11.3 Å². The largest absolute Gasteiger partial charge is 0.377 e. The van der Waals surface area contributed by atoms with Gasteiger partial charge in [-0.25, -0.2) is 9.97 Å². The summed E-state index contributed by atoms with van der Waals surface area (Å²) in [4.78, 5) is 13.8. The average molecular weight is 306 g/mol. The quantitative estimate of drug-likeness (QED) is 0.938. The van der Waals surface area contributed by atoms with Crippen molar-refractivity contribution in [3.05, 3.63) is 16.8 Å². The lowest BCUT2D eigenvalue weighted by Gasteiger charge is -2.33. The number of hydrogen-bond acceptors (Lipinski definition) is 6. The Balaban J connectivity index is 1.79. The Morgan fingerprint density at radius 1 is 1.33 bits per heavy atom. The number of ether oxygens (including phenoxy) is 1. The third-order valence-corrected chi connectivity index (χ3v) is 5.27. The van der Waals surface area contributed by atoms with Crippen LogP contribution in [-0.4, -0.2) is 42.3 Å². The Hall–Kier alpha value is -1.24. The number of aryl methyl sites for hydroxylation is 2. The smallest absolute Gasteiger partial charge is 0.141 e. The number of nitrogens with zero attached hydrogens (tertiary/aromatic N) is 3. The summed E-state index contributed by atoms with van der Waals surface area (Å²) < 4.78 is 5.75. The van der Waals surface area contributed by atoms with E-state index in [0.717, 1.165) is 36.6 Å². The van der Waals surface area contributed by atoms with Crippen LogP contribution in [0.2, 0.25) is 0 Å². The normalized spacial score (nSPS) is 16.8. The average Bonchev–Trinajstić information content (AvgIpc) is 2.81. The molecule has 0 atom stereocenters. The lowest BCUT2D eigenvalue weighted by molar-refractivity contribution is 0.0421. The van der Waals surface area contributed by atoms with Crippen molar-refractivity contribution in [1.82, 2.24) is 9.97 Å². The van der Waals surface area contributed by atoms with Gasteiger partial charge in [0.1, 0.15) is 17.0 Å². The Kier molecular flexibility index (Phi) is 4.37. The van der Waals surface area contributed by atoms with Gasteiger partial charge >= 0.3 is 0 Å². The maximum absolute atomic E-state index is 5.75. The molecule has 5 nitrogen and oxygen atoms in total. The molecule has 1 aliphatic heterocycles. The molecule has 114 valence electrons. The molecule has 2 aromatic rings. The SMILES string of the molecule is Cc1sc2ncnc(N3CCC(OCCN)CC3)c2c1C. The van der Waals surface area contributed by atoms with E-state index in [0.29, 0.717) is 19.3 Å². The number of hydrogen-bond donors (Lipinski definition) is 1. The van der Waals surface area contributed by atoms with E-state index in [9.17, 15) is 0 Å². The molecule has 2 aromatic heterocycles. The third kappa shape index (κ3) is 2.88. The first-order valence-corrected chi connectivity index (χ1v) is 8.29. The Morgan fingerprint density at radius 3 is 2.81 bits per heavy atom. The number of nitrogens with two attached hydrogens (primary N) is 1. The number of thiophene rings is 1. The molecule has 0 amide bonds. The Bertz CT molecular complexity index is 619. The number of rotatable bonds is 4. The summed E-state index contributed by atoms with van der Waals surface area (Å²) >= 11 is 1.75. The Morgan fingerprint density at radius 2 is 2.10 bits per heavy atom. The van der Waals surface area contributed by atoms with Crippen molar-refractivity contribution in [2.75, 3.05) is 31.1 Å². The molecule has 21 heavy (non-hydrogen) atoms. The fourth-order valence-corrected chi connectivity index (χ4v) is 3.86. The highest BCUT2D eigenvalue weighted by Crippen LogP contribution is 2.35. The molecule has 0 saturated carbocycles. The highest BCUT2D eigenvalue weighted by molar-refractivity contribution is 7.18. The van der Waals surface area contributed by atoms with Crippen LogP contribution in [0.5, 0.6) is 0 Å². The van der Waals surface area contributed by atoms with E-state index in [1.165, 1.54) is 15.8 Å². The standard InChI is InChI=1S/C15H22N4OS/c1-10-11(2)21-15-13(10)14(17-9-18-15)19-6-3-12(4-7-19)20-8-5-16/h9,12H,3-8,16H2,1-2H3. The zero-order chi connectivity index (χ0) is 14.8. The predicted molar refractivity (Wildman–Crippen MR) is 87.1 cm³/mol. The second-order valence-corrected chi connectivity index (χ2v) is 6.71. The summed E-state index contributed by atoms with van der Waals surface area (Å²) in [7, 11) is 0. The van der Waals surface area contributed by atoms with Crippen molar-refractivity contribution in [2.45, 2.75) is 32.8 Å². The van der Waals surface area contributed by atoms with Crippen LogP contribution in [0.15, 0.2) is 6.33 Å². The Labute approximate surface area is 129 Å². The summed E-state index contributed by atoms with van der Waals surface area (Å²) in [5.74, 6) is 1.08. The molecule has 1 fully saturated rings. The molecule has 0 aliphatic carbocycles. The van der Waals surface area contributed by atoms with Crippen molar-refractivity contribution in [3.8, 4) is 0 Å². The number of anilines is 1. The van der Waals surface area contributed by atoms with Gasteiger partial charge in [-0.05, 0) is 32.3 Å². The van der Waals surface area contributed by atoms with E-state index in [2.05, 4.69) is 28.7 Å². The number of fused-ring (bicyclic) bond motifs is 1. The zero-order valence-electron chi connectivity index (χ0n) is 12.6. The van der Waals surface area contributed by atoms with Gasteiger partial charge in [0.15, 0.2) is 0 Å². The van der Waals surface area contributed by atoms with Gasteiger partial charge in [0.25, 0.3) is 0 Å². The molecule has 0 unspecified atom stereocenters. The fourth-order valence-electron chi connectivity index (χ4n) is 2.87. The van der Waals surface area contributed by atoms with Crippen molar-refractivity contribution in [1.29, 1.82) is 0 Å². The van der Waals surface area contributed by atoms with Gasteiger partial charge in [-0.3, -0.25) is 0 Å². The summed E-state index contributed by atoms with van der Waals surface area (Å²) in [6.45, 7) is 7.53. The van der Waals surface area contributed by atoms with E-state index in [1.54, 1.807) is 17.7 Å². The van der Waals surface area contributed by atoms with Crippen LogP contribution in [-0.2, 0) is 4.74 Å². The lowest BCUT2D eigenvalue weighted by atomic mass is 10.1. The van der Waals surface area contributed by atoms with Gasteiger partial charge in [-0.1, -0.05) is 0 Å². The summed E-state index contributed by atoms with van der Waals surface area (Å²) in [5, 5.41) is 1.22. The van der Waals surface area contributed by atoms with Crippen LogP contribution in [0.1, 0.15) is 23.3 Å². The van der Waals surface area contributed by atoms with E-state index in [1.807, 2.05) is 0 Å². The molecular formula is C15H22N4OS. The first-order valence-electron chi connectivity index (χ1n) is 7.48. The molecular weight excluding hydrogens is 284 g/mol. The monoisotopic (exact) mass is 306 g/mol. The van der Waals surface area contributed by atoms with Gasteiger partial charge in [0.05, 0.1) is 18.1 Å². The number of aromatic nitrogens is 2. The van der Waals surface area contributed by atoms with Gasteiger partial charge in [0.2, 0.25) is 0 Å². The van der Waals surface area contributed by atoms with Crippen LogP contribution in [0.25, 0.3) is 10.2 Å². The van der Waals surface area contributed by atoms with Crippen LogP contribution in [0.4, 0.5) is 5.82 Å². The zero-order valence-corrected chi connectivity index (χ0v) is 13.4. The van der Waals surface area contributed by atoms with E-state index >= 15 is 0 Å². The molecule has 1 aliphatic rings. The van der Waals surface area contributed by atoms with Gasteiger partial charge < -0.3 is 15.4 Å². The first kappa shape index (κ1) is 14.7. The highest BCUT2D eigenvalue weighted by Gasteiger charge is 2.23. The summed E-state index contributed by atoms with van der Waals surface area (Å²) in [6, 6.07) is 0. The second-order valence-electron chi connectivity index (χ2n) is 5.51. The van der Waals surface area contributed by atoms with Crippen LogP contribution in [0, 0.1) is 13.8 Å². The molecule has 0 aromatic carbocycles. The second kappa shape index (κ2) is 6.25. The maximum Gasteiger partial charge on any atom is 0.141 e.